The summed E-state index contributed by atoms with van der Waals surface area (Å²) in [7, 11) is 3.33. The Hall–Kier alpha value is -1.22. The first-order valence-electron chi connectivity index (χ1n) is 6.45. The predicted molar refractivity (Wildman–Crippen MR) is 75.4 cm³/mol. The van der Waals surface area contributed by atoms with Gasteiger partial charge in [-0.05, 0) is 55.0 Å². The van der Waals surface area contributed by atoms with Crippen molar-refractivity contribution in [2.24, 2.45) is 17.6 Å². The van der Waals surface area contributed by atoms with Crippen molar-refractivity contribution in [2.75, 3.05) is 20.8 Å². The predicted octanol–water partition coefficient (Wildman–Crippen LogP) is 2.79. The standard InChI is InChI=1S/C15H25NO2/c1-10(2)13(9-16)7-12-8-15(18-5)14(17-4)6-11(12)3/h6,8,10,13H,7,9,16H2,1-5H3. The van der Waals surface area contributed by atoms with Crippen LogP contribution in [0.1, 0.15) is 25.0 Å². The van der Waals surface area contributed by atoms with Gasteiger partial charge in [-0.3, -0.25) is 0 Å². The summed E-state index contributed by atoms with van der Waals surface area (Å²) in [4.78, 5) is 0. The minimum Gasteiger partial charge on any atom is -0.493 e. The van der Waals surface area contributed by atoms with Crippen molar-refractivity contribution in [3.8, 4) is 11.5 Å². The minimum atomic E-state index is 0.502. The number of hydrogen-bond acceptors (Lipinski definition) is 3. The summed E-state index contributed by atoms with van der Waals surface area (Å²) in [5.74, 6) is 2.66. The molecule has 3 nitrogen and oxygen atoms in total. The molecule has 1 rings (SSSR count). The molecule has 1 aromatic rings. The second-order valence-corrected chi connectivity index (χ2v) is 5.08. The maximum atomic E-state index is 5.84. The summed E-state index contributed by atoms with van der Waals surface area (Å²) in [6.45, 7) is 7.25. The zero-order valence-corrected chi connectivity index (χ0v) is 12.1. The van der Waals surface area contributed by atoms with Crippen LogP contribution in [0.25, 0.3) is 0 Å². The Morgan fingerprint density at radius 2 is 1.67 bits per heavy atom. The molecule has 0 fully saturated rings. The topological polar surface area (TPSA) is 44.5 Å². The van der Waals surface area contributed by atoms with E-state index < -0.39 is 0 Å². The fourth-order valence-electron chi connectivity index (χ4n) is 2.12. The third kappa shape index (κ3) is 3.39. The van der Waals surface area contributed by atoms with E-state index >= 15 is 0 Å². The van der Waals surface area contributed by atoms with Gasteiger partial charge < -0.3 is 15.2 Å². The van der Waals surface area contributed by atoms with E-state index in [4.69, 9.17) is 15.2 Å². The number of benzene rings is 1. The van der Waals surface area contributed by atoms with E-state index in [2.05, 4.69) is 26.8 Å². The Labute approximate surface area is 110 Å². The van der Waals surface area contributed by atoms with E-state index in [1.165, 1.54) is 11.1 Å². The van der Waals surface area contributed by atoms with Crippen LogP contribution < -0.4 is 15.2 Å². The molecule has 0 amide bonds. The molecule has 3 heteroatoms. The maximum Gasteiger partial charge on any atom is 0.161 e. The molecule has 0 heterocycles. The van der Waals surface area contributed by atoms with E-state index in [1.807, 2.05) is 6.07 Å². The van der Waals surface area contributed by atoms with Crippen LogP contribution in [-0.2, 0) is 6.42 Å². The van der Waals surface area contributed by atoms with Crippen LogP contribution >= 0.6 is 0 Å². The second kappa shape index (κ2) is 6.64. The van der Waals surface area contributed by atoms with E-state index in [1.54, 1.807) is 14.2 Å². The quantitative estimate of drug-likeness (QED) is 0.845. The molecule has 0 aliphatic carbocycles. The SMILES string of the molecule is COc1cc(C)c(CC(CN)C(C)C)cc1OC. The largest absolute Gasteiger partial charge is 0.493 e. The molecule has 1 aromatic carbocycles. The Morgan fingerprint density at radius 3 is 2.11 bits per heavy atom. The van der Waals surface area contributed by atoms with E-state index in [0.29, 0.717) is 18.4 Å². The van der Waals surface area contributed by atoms with Gasteiger partial charge in [0, 0.05) is 0 Å². The van der Waals surface area contributed by atoms with Gasteiger partial charge in [-0.25, -0.2) is 0 Å². The van der Waals surface area contributed by atoms with E-state index in [-0.39, 0.29) is 0 Å². The Bertz CT molecular complexity index is 388. The van der Waals surface area contributed by atoms with Crippen LogP contribution in [0, 0.1) is 18.8 Å². The van der Waals surface area contributed by atoms with Crippen molar-refractivity contribution >= 4 is 0 Å². The molecule has 1 unspecified atom stereocenters. The van der Waals surface area contributed by atoms with Crippen molar-refractivity contribution in [1.29, 1.82) is 0 Å². The highest BCUT2D eigenvalue weighted by Crippen LogP contribution is 2.31. The molecule has 0 saturated carbocycles. The van der Waals surface area contributed by atoms with E-state index in [9.17, 15) is 0 Å². The summed E-state index contributed by atoms with van der Waals surface area (Å²) < 4.78 is 10.7. The third-order valence-corrected chi connectivity index (χ3v) is 3.57. The van der Waals surface area contributed by atoms with Crippen molar-refractivity contribution < 1.29 is 9.47 Å². The lowest BCUT2D eigenvalue weighted by atomic mass is 9.87. The number of hydrogen-bond donors (Lipinski definition) is 1. The van der Waals surface area contributed by atoms with Crippen LogP contribution in [0.5, 0.6) is 11.5 Å². The number of methoxy groups -OCH3 is 2. The van der Waals surface area contributed by atoms with Gasteiger partial charge in [0.15, 0.2) is 11.5 Å². The first-order valence-corrected chi connectivity index (χ1v) is 6.45. The minimum absolute atomic E-state index is 0.502. The molecular formula is C15H25NO2. The second-order valence-electron chi connectivity index (χ2n) is 5.08. The van der Waals surface area contributed by atoms with Gasteiger partial charge in [0.1, 0.15) is 0 Å². The van der Waals surface area contributed by atoms with E-state index in [0.717, 1.165) is 17.9 Å². The molecule has 18 heavy (non-hydrogen) atoms. The summed E-state index contributed by atoms with van der Waals surface area (Å²) in [5, 5.41) is 0. The number of ether oxygens (including phenoxy) is 2. The molecule has 0 aliphatic rings. The normalized spacial score (nSPS) is 12.6. The lowest BCUT2D eigenvalue weighted by Crippen LogP contribution is -2.22. The maximum absolute atomic E-state index is 5.84. The molecule has 0 aliphatic heterocycles. The number of aryl methyl sites for hydroxylation is 1. The summed E-state index contributed by atoms with van der Waals surface area (Å²) >= 11 is 0. The molecule has 0 aromatic heterocycles. The highest BCUT2D eigenvalue weighted by atomic mass is 16.5. The van der Waals surface area contributed by atoms with Crippen LogP contribution in [0.4, 0.5) is 0 Å². The molecule has 2 N–H and O–H groups in total. The van der Waals surface area contributed by atoms with Gasteiger partial charge in [0.2, 0.25) is 0 Å². The Balaban J connectivity index is 3.02. The van der Waals surface area contributed by atoms with Gasteiger partial charge in [0.25, 0.3) is 0 Å². The highest BCUT2D eigenvalue weighted by molar-refractivity contribution is 5.47. The highest BCUT2D eigenvalue weighted by Gasteiger charge is 2.15. The van der Waals surface area contributed by atoms with Crippen LogP contribution in [-0.4, -0.2) is 20.8 Å². The molecule has 0 spiro atoms. The van der Waals surface area contributed by atoms with Crippen molar-refractivity contribution in [1.82, 2.24) is 0 Å². The average molecular weight is 251 g/mol. The summed E-state index contributed by atoms with van der Waals surface area (Å²) in [5.41, 5.74) is 8.36. The third-order valence-electron chi connectivity index (χ3n) is 3.57. The first kappa shape index (κ1) is 14.8. The lowest BCUT2D eigenvalue weighted by molar-refractivity contribution is 0.352. The van der Waals surface area contributed by atoms with Gasteiger partial charge in [0.05, 0.1) is 14.2 Å². The molecule has 0 bridgehead atoms. The van der Waals surface area contributed by atoms with Gasteiger partial charge >= 0.3 is 0 Å². The fourth-order valence-corrected chi connectivity index (χ4v) is 2.12. The Morgan fingerprint density at radius 1 is 1.11 bits per heavy atom. The first-order chi connectivity index (χ1) is 8.53. The van der Waals surface area contributed by atoms with Crippen LogP contribution in [0.15, 0.2) is 12.1 Å². The zero-order valence-electron chi connectivity index (χ0n) is 12.1. The van der Waals surface area contributed by atoms with Gasteiger partial charge in [-0.2, -0.15) is 0 Å². The monoisotopic (exact) mass is 251 g/mol. The lowest BCUT2D eigenvalue weighted by Gasteiger charge is -2.21. The van der Waals surface area contributed by atoms with Crippen LogP contribution in [0.3, 0.4) is 0 Å². The molecule has 1 atom stereocenters. The Kier molecular flexibility index (Phi) is 5.48. The molecular weight excluding hydrogens is 226 g/mol. The zero-order chi connectivity index (χ0) is 13.7. The smallest absolute Gasteiger partial charge is 0.161 e. The van der Waals surface area contributed by atoms with Crippen molar-refractivity contribution in [3.63, 3.8) is 0 Å². The number of rotatable bonds is 6. The molecule has 0 saturated heterocycles. The van der Waals surface area contributed by atoms with Crippen LogP contribution in [0.2, 0.25) is 0 Å². The molecule has 102 valence electrons. The average Bonchev–Trinajstić information content (AvgIpc) is 2.36. The van der Waals surface area contributed by atoms with Gasteiger partial charge in [-0.15, -0.1) is 0 Å². The van der Waals surface area contributed by atoms with Gasteiger partial charge in [-0.1, -0.05) is 13.8 Å². The fraction of sp³-hybridized carbons (Fsp3) is 0.600. The van der Waals surface area contributed by atoms with Crippen molar-refractivity contribution in [3.05, 3.63) is 23.3 Å². The van der Waals surface area contributed by atoms with Crippen molar-refractivity contribution in [2.45, 2.75) is 27.2 Å². The number of nitrogens with two attached hydrogens (primary N) is 1. The summed E-state index contributed by atoms with van der Waals surface area (Å²) in [6.07, 6.45) is 0.986. The summed E-state index contributed by atoms with van der Waals surface area (Å²) in [6, 6.07) is 4.10. The molecule has 0 radical (unpaired) electrons.